The first kappa shape index (κ1) is 30.0. The van der Waals surface area contributed by atoms with Crippen LogP contribution in [0.5, 0.6) is 17.4 Å². The molecule has 1 aromatic heterocycles. The van der Waals surface area contributed by atoms with Gasteiger partial charge in [-0.15, -0.1) is 0 Å². The van der Waals surface area contributed by atoms with E-state index in [-0.39, 0.29) is 48.0 Å². The minimum Gasteiger partial charge on any atom is -0.491 e. The van der Waals surface area contributed by atoms with E-state index < -0.39 is 27.7 Å². The third kappa shape index (κ3) is 9.95. The fraction of sp³-hybridized carbons (Fsp3) is 0.520. The second-order valence-corrected chi connectivity index (χ2v) is 11.1. The van der Waals surface area contributed by atoms with Gasteiger partial charge in [0.1, 0.15) is 23.1 Å². The number of pyridine rings is 1. The number of sulfonamides is 1. The first-order valence-corrected chi connectivity index (χ1v) is 14.3. The molecule has 0 bridgehead atoms. The van der Waals surface area contributed by atoms with E-state index >= 15 is 0 Å². The number of nitrogens with zero attached hydrogens (tertiary/aromatic N) is 1. The molecule has 0 atom stereocenters. The lowest BCUT2D eigenvalue weighted by atomic mass is 10.1. The predicted octanol–water partition coefficient (Wildman–Crippen LogP) is 5.67. The number of nitrogens with one attached hydrogen (secondary N) is 1. The van der Waals surface area contributed by atoms with Crippen LogP contribution >= 0.6 is 11.6 Å². The highest BCUT2D eigenvalue weighted by molar-refractivity contribution is 7.90. The van der Waals surface area contributed by atoms with Gasteiger partial charge in [-0.1, -0.05) is 37.4 Å². The second-order valence-electron chi connectivity index (χ2n) is 8.85. The SMILES string of the molecule is CCCCCS(=O)(=O)NC(=O)CCc1ccc(OCCOC2CC2)cc1Oc1ncc(C(F)(F)F)cc1Cl. The largest absolute Gasteiger partial charge is 0.491 e. The van der Waals surface area contributed by atoms with Crippen molar-refractivity contribution in [2.24, 2.45) is 0 Å². The van der Waals surface area contributed by atoms with Crippen LogP contribution in [-0.2, 0) is 32.2 Å². The molecule has 0 spiro atoms. The number of aromatic nitrogens is 1. The number of ether oxygens (including phenoxy) is 3. The van der Waals surface area contributed by atoms with Crippen molar-refractivity contribution in [3.63, 3.8) is 0 Å². The molecule has 8 nitrogen and oxygen atoms in total. The quantitative estimate of drug-likeness (QED) is 0.271. The minimum absolute atomic E-state index is 0.0783. The van der Waals surface area contributed by atoms with Crippen LogP contribution in [0.3, 0.4) is 0 Å². The average Bonchev–Trinajstić information content (AvgIpc) is 3.66. The highest BCUT2D eigenvalue weighted by Crippen LogP contribution is 2.36. The van der Waals surface area contributed by atoms with Gasteiger partial charge in [0, 0.05) is 18.7 Å². The Morgan fingerprint density at radius 2 is 1.95 bits per heavy atom. The molecule has 1 heterocycles. The Morgan fingerprint density at radius 3 is 2.61 bits per heavy atom. The molecule has 1 amide bonds. The molecule has 1 aliphatic rings. The Kier molecular flexibility index (Phi) is 10.6. The summed E-state index contributed by atoms with van der Waals surface area (Å²) in [6.45, 7) is 2.60. The first-order valence-electron chi connectivity index (χ1n) is 12.3. The van der Waals surface area contributed by atoms with Crippen molar-refractivity contribution in [1.29, 1.82) is 0 Å². The van der Waals surface area contributed by atoms with Gasteiger partial charge >= 0.3 is 6.18 Å². The fourth-order valence-electron chi connectivity index (χ4n) is 3.36. The smallest absolute Gasteiger partial charge is 0.417 e. The predicted molar refractivity (Wildman–Crippen MR) is 135 cm³/mol. The van der Waals surface area contributed by atoms with E-state index in [2.05, 4.69) is 9.71 Å². The Morgan fingerprint density at radius 1 is 1.18 bits per heavy atom. The van der Waals surface area contributed by atoms with Gasteiger partial charge in [-0.25, -0.2) is 13.4 Å². The van der Waals surface area contributed by atoms with Crippen molar-refractivity contribution in [2.75, 3.05) is 19.0 Å². The maximum absolute atomic E-state index is 13.0. The second kappa shape index (κ2) is 13.5. The summed E-state index contributed by atoms with van der Waals surface area (Å²) in [5.74, 6) is -0.545. The summed E-state index contributed by atoms with van der Waals surface area (Å²) in [4.78, 5) is 16.0. The van der Waals surface area contributed by atoms with Crippen molar-refractivity contribution in [1.82, 2.24) is 9.71 Å². The number of amides is 1. The Bertz CT molecular complexity index is 1210. The summed E-state index contributed by atoms with van der Waals surface area (Å²) < 4.78 is 82.2. The molecule has 3 rings (SSSR count). The molecule has 1 N–H and O–H groups in total. The molecule has 2 aromatic rings. The summed E-state index contributed by atoms with van der Waals surface area (Å²) in [5, 5.41) is -0.356. The number of hydrogen-bond acceptors (Lipinski definition) is 7. The van der Waals surface area contributed by atoms with Crippen LogP contribution in [0.1, 0.15) is 56.6 Å². The standard InChI is InChI=1S/C25H30ClF3N2O6S/c1-2-3-4-13-38(33,34)31-23(32)10-6-17-5-7-20(36-12-11-35-19-8-9-19)15-22(17)37-24-21(26)14-18(16-30-24)25(27,28)29/h5,7,14-16,19H,2-4,6,8-13H2,1H3,(H,31,32). The fourth-order valence-corrected chi connectivity index (χ4v) is 4.70. The van der Waals surface area contributed by atoms with Gasteiger partial charge < -0.3 is 14.2 Å². The van der Waals surface area contributed by atoms with Crippen LogP contribution in [0, 0.1) is 0 Å². The molecule has 38 heavy (non-hydrogen) atoms. The number of halogens is 4. The highest BCUT2D eigenvalue weighted by Gasteiger charge is 2.32. The van der Waals surface area contributed by atoms with Gasteiger partial charge in [0.05, 0.1) is 24.0 Å². The number of aryl methyl sites for hydroxylation is 1. The number of rotatable bonds is 15. The maximum Gasteiger partial charge on any atom is 0.417 e. The molecular formula is C25H30ClF3N2O6S. The van der Waals surface area contributed by atoms with Gasteiger partial charge in [-0.3, -0.25) is 9.52 Å². The summed E-state index contributed by atoms with van der Waals surface area (Å²) >= 11 is 6.00. The number of carbonyl (C=O) groups is 1. The van der Waals surface area contributed by atoms with E-state index in [4.69, 9.17) is 25.8 Å². The number of benzene rings is 1. The van der Waals surface area contributed by atoms with Gasteiger partial charge in [-0.05, 0) is 43.4 Å². The van der Waals surface area contributed by atoms with Gasteiger partial charge in [0.25, 0.3) is 0 Å². The third-order valence-electron chi connectivity index (χ3n) is 5.52. The Balaban J connectivity index is 1.71. The van der Waals surface area contributed by atoms with Gasteiger partial charge in [0.15, 0.2) is 0 Å². The Labute approximate surface area is 224 Å². The van der Waals surface area contributed by atoms with Crippen LogP contribution in [-0.4, -0.2) is 44.4 Å². The van der Waals surface area contributed by atoms with Crippen LogP contribution in [0.4, 0.5) is 13.2 Å². The van der Waals surface area contributed by atoms with Crippen LogP contribution < -0.4 is 14.2 Å². The van der Waals surface area contributed by atoms with Crippen LogP contribution in [0.2, 0.25) is 5.02 Å². The lowest BCUT2D eigenvalue weighted by Gasteiger charge is -2.15. The molecule has 1 saturated carbocycles. The highest BCUT2D eigenvalue weighted by atomic mass is 35.5. The van der Waals surface area contributed by atoms with E-state index in [0.717, 1.165) is 25.7 Å². The molecular weight excluding hydrogens is 549 g/mol. The van der Waals surface area contributed by atoms with Crippen molar-refractivity contribution in [2.45, 2.75) is 64.1 Å². The molecule has 0 radical (unpaired) electrons. The molecule has 210 valence electrons. The van der Waals surface area contributed by atoms with Crippen LogP contribution in [0.25, 0.3) is 0 Å². The van der Waals surface area contributed by atoms with E-state index in [1.165, 1.54) is 6.07 Å². The lowest BCUT2D eigenvalue weighted by Crippen LogP contribution is -2.32. The maximum atomic E-state index is 13.0. The normalized spacial score (nSPS) is 13.8. The molecule has 1 fully saturated rings. The van der Waals surface area contributed by atoms with Crippen molar-refractivity contribution in [3.8, 4) is 17.4 Å². The van der Waals surface area contributed by atoms with Crippen molar-refractivity contribution in [3.05, 3.63) is 46.6 Å². The van der Waals surface area contributed by atoms with E-state index in [9.17, 15) is 26.4 Å². The molecule has 1 aliphatic carbocycles. The number of alkyl halides is 3. The third-order valence-corrected chi connectivity index (χ3v) is 7.15. The van der Waals surface area contributed by atoms with E-state index in [1.807, 2.05) is 6.92 Å². The first-order chi connectivity index (χ1) is 18.0. The molecule has 1 aromatic carbocycles. The monoisotopic (exact) mass is 578 g/mol. The topological polar surface area (TPSA) is 104 Å². The van der Waals surface area contributed by atoms with Gasteiger partial charge in [-0.2, -0.15) is 13.2 Å². The number of unbranched alkanes of at least 4 members (excludes halogenated alkanes) is 2. The van der Waals surface area contributed by atoms with Gasteiger partial charge in [0.2, 0.25) is 21.8 Å². The molecule has 0 aliphatic heterocycles. The Hall–Kier alpha value is -2.57. The molecule has 0 saturated heterocycles. The zero-order valence-electron chi connectivity index (χ0n) is 20.9. The summed E-state index contributed by atoms with van der Waals surface area (Å²) in [5.41, 5.74) is -0.553. The molecule has 13 heteroatoms. The number of hydrogen-bond donors (Lipinski definition) is 1. The minimum atomic E-state index is -4.62. The summed E-state index contributed by atoms with van der Waals surface area (Å²) in [6.07, 6.45) is 0.243. The van der Waals surface area contributed by atoms with E-state index in [0.29, 0.717) is 36.6 Å². The van der Waals surface area contributed by atoms with Crippen molar-refractivity contribution < 1.29 is 40.6 Å². The molecule has 0 unspecified atom stereocenters. The zero-order valence-corrected chi connectivity index (χ0v) is 22.4. The lowest BCUT2D eigenvalue weighted by molar-refractivity contribution is -0.137. The average molecular weight is 579 g/mol. The summed E-state index contributed by atoms with van der Waals surface area (Å²) in [7, 11) is -3.74. The summed E-state index contributed by atoms with van der Waals surface area (Å²) in [6, 6.07) is 5.46. The van der Waals surface area contributed by atoms with Crippen LogP contribution in [0.15, 0.2) is 30.5 Å². The van der Waals surface area contributed by atoms with E-state index in [1.54, 1.807) is 12.1 Å². The van der Waals surface area contributed by atoms with Crippen molar-refractivity contribution >= 4 is 27.5 Å². The zero-order chi connectivity index (χ0) is 27.8. The number of carbonyl (C=O) groups excluding carboxylic acids is 1.